The van der Waals surface area contributed by atoms with Crippen LogP contribution in [0.15, 0.2) is 24.3 Å². The number of hydrogen-bond acceptors (Lipinski definition) is 4. The maximum atomic E-state index is 5.41. The molecule has 0 aromatic heterocycles. The first kappa shape index (κ1) is 17.3. The summed E-state index contributed by atoms with van der Waals surface area (Å²) in [6, 6.07) is 9.21. The summed E-state index contributed by atoms with van der Waals surface area (Å²) in [5.41, 5.74) is 7.86. The van der Waals surface area contributed by atoms with Crippen LogP contribution in [0.1, 0.15) is 11.1 Å². The highest BCUT2D eigenvalue weighted by Crippen LogP contribution is 2.17. The maximum absolute atomic E-state index is 5.41. The predicted molar refractivity (Wildman–Crippen MR) is 81.5 cm³/mol. The SMILES string of the molecule is CO[Si](CCc1ccc(C[N]CCN)cc1)(OC)OC. The zero-order valence-electron chi connectivity index (χ0n) is 12.6. The van der Waals surface area contributed by atoms with Crippen LogP contribution in [-0.4, -0.2) is 43.2 Å². The molecule has 0 amide bonds. The second-order valence-corrected chi connectivity index (χ2v) is 7.60. The normalized spacial score (nSPS) is 11.8. The van der Waals surface area contributed by atoms with Crippen LogP contribution in [-0.2, 0) is 26.2 Å². The lowest BCUT2D eigenvalue weighted by atomic mass is 10.1. The molecule has 0 saturated carbocycles. The summed E-state index contributed by atoms with van der Waals surface area (Å²) in [4.78, 5) is 0. The molecule has 0 aliphatic rings. The van der Waals surface area contributed by atoms with Crippen LogP contribution < -0.4 is 11.1 Å². The lowest BCUT2D eigenvalue weighted by molar-refractivity contribution is 0.123. The average Bonchev–Trinajstić information content (AvgIpc) is 2.51. The Morgan fingerprint density at radius 1 is 1.00 bits per heavy atom. The van der Waals surface area contributed by atoms with Crippen molar-refractivity contribution in [2.24, 2.45) is 5.73 Å². The number of nitrogens with two attached hydrogens (primary N) is 1. The largest absolute Gasteiger partial charge is 0.500 e. The molecule has 2 N–H and O–H groups in total. The van der Waals surface area contributed by atoms with E-state index in [0.29, 0.717) is 13.1 Å². The molecule has 0 aliphatic carbocycles. The van der Waals surface area contributed by atoms with Crippen LogP contribution in [0.5, 0.6) is 0 Å². The zero-order chi connectivity index (χ0) is 14.8. The summed E-state index contributed by atoms with van der Waals surface area (Å²) in [7, 11) is 2.45. The summed E-state index contributed by atoms with van der Waals surface area (Å²) in [5, 5.41) is 4.34. The molecule has 1 radical (unpaired) electrons. The Morgan fingerprint density at radius 3 is 2.05 bits per heavy atom. The number of rotatable bonds is 10. The quantitative estimate of drug-likeness (QED) is 0.520. The molecule has 5 nitrogen and oxygen atoms in total. The molecule has 0 bridgehead atoms. The van der Waals surface area contributed by atoms with E-state index in [0.717, 1.165) is 19.0 Å². The van der Waals surface area contributed by atoms with Crippen molar-refractivity contribution in [3.05, 3.63) is 35.4 Å². The van der Waals surface area contributed by atoms with E-state index in [-0.39, 0.29) is 0 Å². The van der Waals surface area contributed by atoms with Crippen LogP contribution in [0, 0.1) is 0 Å². The lowest BCUT2D eigenvalue weighted by Gasteiger charge is -2.24. The molecular weight excluding hydrogens is 272 g/mol. The van der Waals surface area contributed by atoms with E-state index in [1.807, 2.05) is 0 Å². The molecule has 1 aromatic carbocycles. The molecule has 113 valence electrons. The fraction of sp³-hybridized carbons (Fsp3) is 0.571. The standard InChI is InChI=1S/C14H25N2O3Si/c1-17-20(18-2,19-3)11-8-13-4-6-14(7-5-13)12-16-10-9-15/h4-7H,8-12,15H2,1-3H3. The van der Waals surface area contributed by atoms with Gasteiger partial charge in [-0.05, 0) is 17.5 Å². The lowest BCUT2D eigenvalue weighted by Crippen LogP contribution is -2.43. The van der Waals surface area contributed by atoms with Crippen molar-refractivity contribution in [2.45, 2.75) is 19.0 Å². The zero-order valence-corrected chi connectivity index (χ0v) is 13.6. The van der Waals surface area contributed by atoms with Crippen LogP contribution in [0.4, 0.5) is 0 Å². The molecule has 1 aromatic rings. The van der Waals surface area contributed by atoms with Gasteiger partial charge in [0.1, 0.15) is 0 Å². The smallest absolute Gasteiger partial charge is 0.377 e. The molecule has 0 saturated heterocycles. The molecule has 0 atom stereocenters. The fourth-order valence-corrected chi connectivity index (χ4v) is 3.67. The third kappa shape index (κ3) is 5.32. The highest BCUT2D eigenvalue weighted by Gasteiger charge is 2.36. The van der Waals surface area contributed by atoms with Crippen molar-refractivity contribution in [3.63, 3.8) is 0 Å². The van der Waals surface area contributed by atoms with Gasteiger partial charge in [-0.1, -0.05) is 24.3 Å². The molecule has 0 fully saturated rings. The average molecular weight is 297 g/mol. The second-order valence-electron chi connectivity index (χ2n) is 4.51. The van der Waals surface area contributed by atoms with Gasteiger partial charge < -0.3 is 19.0 Å². The minimum atomic E-state index is -2.47. The molecule has 0 spiro atoms. The molecule has 20 heavy (non-hydrogen) atoms. The van der Waals surface area contributed by atoms with E-state index in [4.69, 9.17) is 19.0 Å². The first-order chi connectivity index (χ1) is 9.69. The highest BCUT2D eigenvalue weighted by atomic mass is 28.4. The van der Waals surface area contributed by atoms with E-state index >= 15 is 0 Å². The van der Waals surface area contributed by atoms with Crippen molar-refractivity contribution in [1.82, 2.24) is 5.32 Å². The number of nitrogens with zero attached hydrogens (tertiary/aromatic N) is 1. The Kier molecular flexibility index (Phi) is 7.97. The van der Waals surface area contributed by atoms with Gasteiger partial charge in [0.05, 0.1) is 0 Å². The van der Waals surface area contributed by atoms with Gasteiger partial charge >= 0.3 is 8.80 Å². The van der Waals surface area contributed by atoms with Crippen molar-refractivity contribution in [1.29, 1.82) is 0 Å². The Bertz CT molecular complexity index is 361. The third-order valence-electron chi connectivity index (χ3n) is 3.26. The van der Waals surface area contributed by atoms with Gasteiger partial charge in [-0.25, -0.2) is 5.32 Å². The third-order valence-corrected chi connectivity index (χ3v) is 5.99. The summed E-state index contributed by atoms with van der Waals surface area (Å²) < 4.78 is 16.2. The Morgan fingerprint density at radius 2 is 1.55 bits per heavy atom. The van der Waals surface area contributed by atoms with Gasteiger partial charge in [-0.2, -0.15) is 0 Å². The van der Waals surface area contributed by atoms with Gasteiger partial charge in [0.25, 0.3) is 0 Å². The van der Waals surface area contributed by atoms with Gasteiger partial charge in [0, 0.05) is 47.0 Å². The van der Waals surface area contributed by atoms with Crippen LogP contribution in [0.25, 0.3) is 0 Å². The van der Waals surface area contributed by atoms with Crippen LogP contribution in [0.3, 0.4) is 0 Å². The van der Waals surface area contributed by atoms with E-state index in [1.165, 1.54) is 11.1 Å². The van der Waals surface area contributed by atoms with Crippen molar-refractivity contribution in [3.8, 4) is 0 Å². The van der Waals surface area contributed by atoms with E-state index in [1.54, 1.807) is 21.3 Å². The first-order valence-corrected chi connectivity index (χ1v) is 8.69. The highest BCUT2D eigenvalue weighted by molar-refractivity contribution is 6.60. The van der Waals surface area contributed by atoms with Crippen molar-refractivity contribution in [2.75, 3.05) is 34.4 Å². The number of benzene rings is 1. The van der Waals surface area contributed by atoms with Crippen molar-refractivity contribution >= 4 is 8.80 Å². The van der Waals surface area contributed by atoms with E-state index < -0.39 is 8.80 Å². The minimum Gasteiger partial charge on any atom is -0.377 e. The van der Waals surface area contributed by atoms with Gasteiger partial charge in [-0.3, -0.25) is 0 Å². The molecule has 6 heteroatoms. The molecule has 1 rings (SSSR count). The Hall–Kier alpha value is -0.763. The van der Waals surface area contributed by atoms with Crippen molar-refractivity contribution < 1.29 is 13.3 Å². The Labute approximate surface area is 122 Å². The van der Waals surface area contributed by atoms with Gasteiger partial charge in [0.15, 0.2) is 0 Å². The Balaban J connectivity index is 2.48. The number of hydrogen-bond donors (Lipinski definition) is 1. The minimum absolute atomic E-state index is 0.607. The molecule has 0 unspecified atom stereocenters. The topological polar surface area (TPSA) is 67.8 Å². The monoisotopic (exact) mass is 297 g/mol. The number of aryl methyl sites for hydroxylation is 1. The van der Waals surface area contributed by atoms with Gasteiger partial charge in [-0.15, -0.1) is 0 Å². The predicted octanol–water partition coefficient (Wildman–Crippen LogP) is 1.17. The maximum Gasteiger partial charge on any atom is 0.500 e. The molecule has 0 aliphatic heterocycles. The summed E-state index contributed by atoms with van der Waals surface area (Å²) in [5.74, 6) is 0. The van der Waals surface area contributed by atoms with Crippen LogP contribution >= 0.6 is 0 Å². The fourth-order valence-electron chi connectivity index (χ4n) is 1.96. The van der Waals surface area contributed by atoms with E-state index in [9.17, 15) is 0 Å². The van der Waals surface area contributed by atoms with Crippen LogP contribution in [0.2, 0.25) is 6.04 Å². The second kappa shape index (κ2) is 9.22. The summed E-state index contributed by atoms with van der Waals surface area (Å²) in [6.07, 6.45) is 0.877. The molecule has 0 heterocycles. The molecular formula is C14H25N2O3Si. The van der Waals surface area contributed by atoms with E-state index in [2.05, 4.69) is 29.6 Å². The summed E-state index contributed by atoms with van der Waals surface area (Å²) in [6.45, 7) is 2.05. The van der Waals surface area contributed by atoms with Gasteiger partial charge in [0.2, 0.25) is 0 Å². The first-order valence-electron chi connectivity index (χ1n) is 6.76. The summed E-state index contributed by atoms with van der Waals surface area (Å²) >= 11 is 0.